The Morgan fingerprint density at radius 3 is 2.45 bits per heavy atom. The molecule has 0 spiro atoms. The molecule has 0 saturated carbocycles. The van der Waals surface area contributed by atoms with Gasteiger partial charge in [-0.05, 0) is 48.4 Å². The summed E-state index contributed by atoms with van der Waals surface area (Å²) in [7, 11) is -2.35. The smallest absolute Gasteiger partial charge is 0.261 e. The van der Waals surface area contributed by atoms with E-state index in [0.717, 1.165) is 0 Å². The van der Waals surface area contributed by atoms with Crippen molar-refractivity contribution in [3.63, 3.8) is 0 Å². The zero-order valence-corrected chi connectivity index (χ0v) is 18.8. The van der Waals surface area contributed by atoms with Crippen molar-refractivity contribution < 1.29 is 27.6 Å². The first-order valence-electron chi connectivity index (χ1n) is 10.2. The van der Waals surface area contributed by atoms with Crippen molar-refractivity contribution in [1.29, 1.82) is 0 Å². The number of piperidine rings is 1. The van der Waals surface area contributed by atoms with Crippen molar-refractivity contribution in [1.82, 2.24) is 10.2 Å². The molecular weight excluding hydrogens is 448 g/mol. The van der Waals surface area contributed by atoms with E-state index in [1.807, 2.05) is 0 Å². The van der Waals surface area contributed by atoms with E-state index >= 15 is 0 Å². The van der Waals surface area contributed by atoms with Crippen LogP contribution in [0.15, 0.2) is 47.4 Å². The SMILES string of the molecule is CC(=O)N(C)c1ccc(S(=O)(=O)Nc2ccc3c(c2)C(=O)N(C2CCC(=O)NC2=O)C3)cc1. The van der Waals surface area contributed by atoms with E-state index in [9.17, 15) is 27.6 Å². The number of hydrogen-bond donors (Lipinski definition) is 2. The lowest BCUT2D eigenvalue weighted by Gasteiger charge is -2.29. The minimum absolute atomic E-state index is 0.000183. The van der Waals surface area contributed by atoms with Crippen molar-refractivity contribution in [3.05, 3.63) is 53.6 Å². The van der Waals surface area contributed by atoms with E-state index in [2.05, 4.69) is 10.0 Å². The first kappa shape index (κ1) is 22.5. The maximum atomic E-state index is 12.9. The molecule has 2 aliphatic rings. The fraction of sp³-hybridized carbons (Fsp3) is 0.273. The summed E-state index contributed by atoms with van der Waals surface area (Å²) in [6, 6.07) is 9.73. The molecule has 4 rings (SSSR count). The minimum atomic E-state index is -3.94. The molecule has 4 amide bonds. The molecule has 0 aromatic heterocycles. The third-order valence-corrected chi connectivity index (χ3v) is 7.18. The topological polar surface area (TPSA) is 133 Å². The Balaban J connectivity index is 1.52. The maximum absolute atomic E-state index is 12.9. The molecule has 33 heavy (non-hydrogen) atoms. The van der Waals surface area contributed by atoms with Gasteiger partial charge in [0.2, 0.25) is 17.7 Å². The second kappa shape index (κ2) is 8.32. The van der Waals surface area contributed by atoms with Gasteiger partial charge in [-0.3, -0.25) is 29.2 Å². The third-order valence-electron chi connectivity index (χ3n) is 5.79. The van der Waals surface area contributed by atoms with Crippen LogP contribution in [0.5, 0.6) is 0 Å². The molecule has 0 bridgehead atoms. The third kappa shape index (κ3) is 4.31. The number of imide groups is 1. The van der Waals surface area contributed by atoms with Gasteiger partial charge < -0.3 is 9.80 Å². The summed E-state index contributed by atoms with van der Waals surface area (Å²) < 4.78 is 28.1. The van der Waals surface area contributed by atoms with Crippen LogP contribution in [-0.2, 0) is 31.0 Å². The van der Waals surface area contributed by atoms with Crippen LogP contribution in [0.3, 0.4) is 0 Å². The molecule has 10 nitrogen and oxygen atoms in total. The number of amides is 4. The molecule has 2 aromatic rings. The largest absolute Gasteiger partial charge is 0.322 e. The predicted octanol–water partition coefficient (Wildman–Crippen LogP) is 1.23. The quantitative estimate of drug-likeness (QED) is 0.632. The number of benzene rings is 2. The minimum Gasteiger partial charge on any atom is -0.322 e. The van der Waals surface area contributed by atoms with Gasteiger partial charge in [-0.15, -0.1) is 0 Å². The van der Waals surface area contributed by atoms with E-state index in [1.165, 1.54) is 47.1 Å². The second-order valence-corrected chi connectivity index (χ2v) is 9.63. The Morgan fingerprint density at radius 2 is 1.82 bits per heavy atom. The summed E-state index contributed by atoms with van der Waals surface area (Å²) in [5, 5.41) is 2.25. The Morgan fingerprint density at radius 1 is 1.12 bits per heavy atom. The van der Waals surface area contributed by atoms with Gasteiger partial charge in [0, 0.05) is 43.9 Å². The first-order chi connectivity index (χ1) is 15.6. The zero-order chi connectivity index (χ0) is 23.9. The van der Waals surface area contributed by atoms with Gasteiger partial charge in [-0.2, -0.15) is 0 Å². The molecule has 1 unspecified atom stereocenters. The van der Waals surface area contributed by atoms with Gasteiger partial charge in [-0.1, -0.05) is 6.07 Å². The van der Waals surface area contributed by atoms with Crippen molar-refractivity contribution in [3.8, 4) is 0 Å². The van der Waals surface area contributed by atoms with Gasteiger partial charge in [-0.25, -0.2) is 8.42 Å². The maximum Gasteiger partial charge on any atom is 0.261 e. The molecule has 2 aromatic carbocycles. The number of rotatable bonds is 5. The van der Waals surface area contributed by atoms with Crippen molar-refractivity contribution in [2.75, 3.05) is 16.7 Å². The van der Waals surface area contributed by atoms with E-state index in [1.54, 1.807) is 19.2 Å². The highest BCUT2D eigenvalue weighted by atomic mass is 32.2. The van der Waals surface area contributed by atoms with Gasteiger partial charge in [0.05, 0.1) is 4.90 Å². The molecular formula is C22H22N4O6S. The lowest BCUT2D eigenvalue weighted by Crippen LogP contribution is -2.52. The second-order valence-electron chi connectivity index (χ2n) is 7.95. The molecule has 1 fully saturated rings. The zero-order valence-electron chi connectivity index (χ0n) is 18.0. The van der Waals surface area contributed by atoms with Crippen LogP contribution in [0.1, 0.15) is 35.7 Å². The van der Waals surface area contributed by atoms with Crippen LogP contribution in [-0.4, -0.2) is 50.0 Å². The molecule has 2 heterocycles. The normalized spacial score (nSPS) is 18.1. The van der Waals surface area contributed by atoms with E-state index < -0.39 is 27.9 Å². The average Bonchev–Trinajstić information content (AvgIpc) is 3.09. The summed E-state index contributed by atoms with van der Waals surface area (Å²) in [6.07, 6.45) is 0.404. The summed E-state index contributed by atoms with van der Waals surface area (Å²) >= 11 is 0. The van der Waals surface area contributed by atoms with Crippen LogP contribution < -0.4 is 14.9 Å². The van der Waals surface area contributed by atoms with Crippen LogP contribution in [0.25, 0.3) is 0 Å². The molecule has 1 saturated heterocycles. The average molecular weight is 471 g/mol. The monoisotopic (exact) mass is 470 g/mol. The Labute approximate surface area is 190 Å². The van der Waals surface area contributed by atoms with Crippen LogP contribution >= 0.6 is 0 Å². The number of fused-ring (bicyclic) bond motifs is 1. The fourth-order valence-corrected chi connectivity index (χ4v) is 4.91. The number of carbonyl (C=O) groups excluding carboxylic acids is 4. The van der Waals surface area contributed by atoms with Crippen LogP contribution in [0, 0.1) is 0 Å². The lowest BCUT2D eigenvalue weighted by molar-refractivity contribution is -0.137. The number of anilines is 2. The predicted molar refractivity (Wildman–Crippen MR) is 119 cm³/mol. The Hall–Kier alpha value is -3.73. The van der Waals surface area contributed by atoms with Crippen molar-refractivity contribution >= 4 is 45.0 Å². The molecule has 0 radical (unpaired) electrons. The Bertz CT molecular complexity index is 1270. The van der Waals surface area contributed by atoms with Crippen LogP contribution in [0.4, 0.5) is 11.4 Å². The van der Waals surface area contributed by atoms with Gasteiger partial charge in [0.15, 0.2) is 0 Å². The fourth-order valence-electron chi connectivity index (χ4n) is 3.86. The number of carbonyl (C=O) groups is 4. The molecule has 11 heteroatoms. The Kier molecular flexibility index (Phi) is 5.66. The van der Waals surface area contributed by atoms with Gasteiger partial charge >= 0.3 is 0 Å². The lowest BCUT2D eigenvalue weighted by atomic mass is 10.0. The number of nitrogens with one attached hydrogen (secondary N) is 2. The van der Waals surface area contributed by atoms with E-state index in [0.29, 0.717) is 16.8 Å². The number of nitrogens with zero attached hydrogens (tertiary/aromatic N) is 2. The summed E-state index contributed by atoms with van der Waals surface area (Å²) in [5.41, 5.74) is 1.73. The summed E-state index contributed by atoms with van der Waals surface area (Å²) in [5.74, 6) is -1.44. The standard InChI is InChI=1S/C22H22N4O6S/c1-13(27)25(2)16-5-7-17(8-6-16)33(31,32)24-15-4-3-14-12-26(22(30)18(14)11-15)19-9-10-20(28)23-21(19)29/h3-8,11,19,24H,9-10,12H2,1-2H3,(H,23,28,29). The van der Waals surface area contributed by atoms with Gasteiger partial charge in [0.25, 0.3) is 15.9 Å². The number of hydrogen-bond acceptors (Lipinski definition) is 6. The molecule has 0 aliphatic carbocycles. The summed E-state index contributed by atoms with van der Waals surface area (Å²) in [6.45, 7) is 1.61. The molecule has 2 aliphatic heterocycles. The van der Waals surface area contributed by atoms with E-state index in [-0.39, 0.29) is 41.8 Å². The molecule has 2 N–H and O–H groups in total. The van der Waals surface area contributed by atoms with E-state index in [4.69, 9.17) is 0 Å². The van der Waals surface area contributed by atoms with Crippen molar-refractivity contribution in [2.45, 2.75) is 37.2 Å². The highest BCUT2D eigenvalue weighted by Crippen LogP contribution is 2.30. The highest BCUT2D eigenvalue weighted by Gasteiger charge is 2.39. The first-order valence-corrected chi connectivity index (χ1v) is 11.7. The molecule has 172 valence electrons. The summed E-state index contributed by atoms with van der Waals surface area (Å²) in [4.78, 5) is 50.7. The molecule has 1 atom stereocenters. The highest BCUT2D eigenvalue weighted by molar-refractivity contribution is 7.92. The van der Waals surface area contributed by atoms with Crippen molar-refractivity contribution in [2.24, 2.45) is 0 Å². The van der Waals surface area contributed by atoms with Gasteiger partial charge in [0.1, 0.15) is 6.04 Å². The van der Waals surface area contributed by atoms with Crippen LogP contribution in [0.2, 0.25) is 0 Å². The number of sulfonamides is 1.